The van der Waals surface area contributed by atoms with Crippen molar-refractivity contribution in [2.24, 2.45) is 17.8 Å². The zero-order valence-corrected chi connectivity index (χ0v) is 10.3. The van der Waals surface area contributed by atoms with Gasteiger partial charge in [0.25, 0.3) is 0 Å². The zero-order chi connectivity index (χ0) is 10.8. The van der Waals surface area contributed by atoms with Crippen LogP contribution >= 0.6 is 11.3 Å². The van der Waals surface area contributed by atoms with Gasteiger partial charge in [0, 0.05) is 16.5 Å². The molecule has 1 aromatic heterocycles. The van der Waals surface area contributed by atoms with Crippen LogP contribution in [0.2, 0.25) is 0 Å². The maximum Gasteiger partial charge on any atom is 0.180 e. The van der Waals surface area contributed by atoms with Crippen LogP contribution in [0.3, 0.4) is 0 Å². The summed E-state index contributed by atoms with van der Waals surface area (Å²) in [6.45, 7) is 0. The molecule has 0 aromatic carbocycles. The largest absolute Gasteiger partial charge is 0.375 e. The summed E-state index contributed by atoms with van der Waals surface area (Å²) in [4.78, 5) is 5.76. The fraction of sp³-hybridized carbons (Fsp3) is 0.769. The van der Waals surface area contributed by atoms with E-state index < -0.39 is 0 Å². The molecule has 2 N–H and O–H groups in total. The van der Waals surface area contributed by atoms with Crippen LogP contribution in [0.5, 0.6) is 0 Å². The van der Waals surface area contributed by atoms with E-state index in [-0.39, 0.29) is 0 Å². The Morgan fingerprint density at radius 3 is 2.12 bits per heavy atom. The Kier molecular flexibility index (Phi) is 1.78. The van der Waals surface area contributed by atoms with Crippen LogP contribution in [0.25, 0.3) is 0 Å². The maximum absolute atomic E-state index is 5.80. The zero-order valence-electron chi connectivity index (χ0n) is 9.48. The van der Waals surface area contributed by atoms with Crippen molar-refractivity contribution in [2.75, 3.05) is 5.73 Å². The highest BCUT2D eigenvalue weighted by Crippen LogP contribution is 2.61. The van der Waals surface area contributed by atoms with E-state index in [2.05, 4.69) is 11.2 Å². The average molecular weight is 234 g/mol. The van der Waals surface area contributed by atoms with Crippen LogP contribution in [-0.4, -0.2) is 4.98 Å². The van der Waals surface area contributed by atoms with Gasteiger partial charge in [-0.3, -0.25) is 0 Å². The van der Waals surface area contributed by atoms with Crippen molar-refractivity contribution < 1.29 is 0 Å². The second-order valence-corrected chi connectivity index (χ2v) is 7.32. The third-order valence-corrected chi connectivity index (χ3v) is 6.16. The Morgan fingerprint density at radius 2 is 1.69 bits per heavy atom. The molecule has 3 heteroatoms. The molecule has 5 rings (SSSR count). The molecule has 4 fully saturated rings. The first-order valence-corrected chi connectivity index (χ1v) is 7.27. The normalized spacial score (nSPS) is 45.1. The van der Waals surface area contributed by atoms with Gasteiger partial charge in [-0.25, -0.2) is 4.98 Å². The molecule has 0 atom stereocenters. The second-order valence-electron chi connectivity index (χ2n) is 6.26. The predicted molar refractivity (Wildman–Crippen MR) is 66.4 cm³/mol. The summed E-state index contributed by atoms with van der Waals surface area (Å²) < 4.78 is 0. The molecule has 0 unspecified atom stereocenters. The number of nitrogens with two attached hydrogens (primary N) is 1. The van der Waals surface area contributed by atoms with Gasteiger partial charge in [0.1, 0.15) is 0 Å². The molecule has 4 aliphatic rings. The molecule has 0 radical (unpaired) electrons. The van der Waals surface area contributed by atoms with E-state index >= 15 is 0 Å². The van der Waals surface area contributed by atoms with Crippen molar-refractivity contribution >= 4 is 16.5 Å². The van der Waals surface area contributed by atoms with Crippen molar-refractivity contribution in [1.82, 2.24) is 4.98 Å². The van der Waals surface area contributed by atoms with Crippen LogP contribution in [-0.2, 0) is 5.41 Å². The lowest BCUT2D eigenvalue weighted by Gasteiger charge is -2.56. The Morgan fingerprint density at radius 1 is 1.12 bits per heavy atom. The molecule has 0 aliphatic heterocycles. The minimum atomic E-state index is 0.490. The minimum Gasteiger partial charge on any atom is -0.375 e. The van der Waals surface area contributed by atoms with Crippen LogP contribution < -0.4 is 5.73 Å². The molecule has 0 spiro atoms. The van der Waals surface area contributed by atoms with E-state index in [9.17, 15) is 0 Å². The highest BCUT2D eigenvalue weighted by Gasteiger charge is 2.52. The number of nitrogen functional groups attached to an aromatic ring is 1. The van der Waals surface area contributed by atoms with Crippen molar-refractivity contribution in [3.63, 3.8) is 0 Å². The van der Waals surface area contributed by atoms with Crippen LogP contribution in [0.15, 0.2) is 6.20 Å². The predicted octanol–water partition coefficient (Wildman–Crippen LogP) is 3.19. The summed E-state index contributed by atoms with van der Waals surface area (Å²) >= 11 is 1.74. The van der Waals surface area contributed by atoms with Crippen LogP contribution in [0.4, 0.5) is 5.13 Å². The number of nitrogens with zero attached hydrogens (tertiary/aromatic N) is 1. The molecule has 0 amide bonds. The Bertz CT molecular complexity index is 388. The van der Waals surface area contributed by atoms with Gasteiger partial charge in [0.2, 0.25) is 0 Å². The third kappa shape index (κ3) is 1.21. The lowest BCUT2D eigenvalue weighted by Crippen LogP contribution is -2.48. The molecule has 4 bridgehead atoms. The van der Waals surface area contributed by atoms with Gasteiger partial charge >= 0.3 is 0 Å². The van der Waals surface area contributed by atoms with Crippen molar-refractivity contribution in [2.45, 2.75) is 43.9 Å². The van der Waals surface area contributed by atoms with Gasteiger partial charge < -0.3 is 5.73 Å². The molecule has 1 heterocycles. The van der Waals surface area contributed by atoms with Crippen molar-refractivity contribution in [3.8, 4) is 0 Å². The summed E-state index contributed by atoms with van der Waals surface area (Å²) in [7, 11) is 0. The summed E-state index contributed by atoms with van der Waals surface area (Å²) in [6.07, 6.45) is 10.8. The molecule has 86 valence electrons. The number of hydrogen-bond acceptors (Lipinski definition) is 3. The highest BCUT2D eigenvalue weighted by atomic mass is 32.1. The number of anilines is 1. The fourth-order valence-electron chi connectivity index (χ4n) is 4.95. The average Bonchev–Trinajstić information content (AvgIpc) is 2.63. The highest BCUT2D eigenvalue weighted by molar-refractivity contribution is 7.15. The second kappa shape index (κ2) is 3.00. The number of rotatable bonds is 1. The molecule has 4 saturated carbocycles. The van der Waals surface area contributed by atoms with E-state index in [0.29, 0.717) is 5.41 Å². The first-order valence-electron chi connectivity index (χ1n) is 6.45. The van der Waals surface area contributed by atoms with Gasteiger partial charge in [0.15, 0.2) is 5.13 Å². The molecular formula is C13H18N2S. The topological polar surface area (TPSA) is 38.9 Å². The number of thiazole rings is 1. The molecule has 1 aromatic rings. The Hall–Kier alpha value is -0.570. The van der Waals surface area contributed by atoms with Crippen molar-refractivity contribution in [3.05, 3.63) is 11.1 Å². The lowest BCUT2D eigenvalue weighted by atomic mass is 9.49. The number of aromatic nitrogens is 1. The Balaban J connectivity index is 1.76. The maximum atomic E-state index is 5.80. The molecule has 0 saturated heterocycles. The minimum absolute atomic E-state index is 0.490. The van der Waals surface area contributed by atoms with E-state index in [4.69, 9.17) is 5.73 Å². The summed E-state index contributed by atoms with van der Waals surface area (Å²) in [5, 5.41) is 0.755. The van der Waals surface area contributed by atoms with E-state index in [0.717, 1.165) is 22.9 Å². The van der Waals surface area contributed by atoms with E-state index in [1.165, 1.54) is 43.4 Å². The molecule has 16 heavy (non-hydrogen) atoms. The smallest absolute Gasteiger partial charge is 0.180 e. The molecule has 4 aliphatic carbocycles. The fourth-order valence-corrected chi connectivity index (χ4v) is 5.85. The number of hydrogen-bond donors (Lipinski definition) is 1. The third-order valence-electron chi connectivity index (χ3n) is 5.08. The summed E-state index contributed by atoms with van der Waals surface area (Å²) in [6, 6.07) is 0. The molecular weight excluding hydrogens is 216 g/mol. The van der Waals surface area contributed by atoms with Crippen LogP contribution in [0, 0.1) is 17.8 Å². The lowest BCUT2D eigenvalue weighted by molar-refractivity contribution is -0.00355. The van der Waals surface area contributed by atoms with Gasteiger partial charge in [-0.1, -0.05) is 0 Å². The van der Waals surface area contributed by atoms with Gasteiger partial charge in [-0.2, -0.15) is 0 Å². The van der Waals surface area contributed by atoms with E-state index in [1.807, 2.05) is 0 Å². The monoisotopic (exact) mass is 234 g/mol. The van der Waals surface area contributed by atoms with Gasteiger partial charge in [-0.15, -0.1) is 11.3 Å². The van der Waals surface area contributed by atoms with Crippen molar-refractivity contribution in [1.29, 1.82) is 0 Å². The van der Waals surface area contributed by atoms with Gasteiger partial charge in [-0.05, 0) is 56.3 Å². The quantitative estimate of drug-likeness (QED) is 0.810. The first kappa shape index (κ1) is 9.46. The standard InChI is InChI=1S/C13H18N2S/c14-12-15-7-11(16-12)13-4-8-1-9(5-13)3-10(2-8)6-13/h7-10H,1-6H2,(H2,14,15). The molecule has 2 nitrogen and oxygen atoms in total. The Labute approximate surface area is 100 Å². The van der Waals surface area contributed by atoms with Crippen LogP contribution in [0.1, 0.15) is 43.4 Å². The van der Waals surface area contributed by atoms with Gasteiger partial charge in [0.05, 0.1) is 0 Å². The summed E-state index contributed by atoms with van der Waals surface area (Å²) in [5.74, 6) is 3.03. The van der Waals surface area contributed by atoms with E-state index in [1.54, 1.807) is 11.3 Å². The first-order chi connectivity index (χ1) is 7.73. The SMILES string of the molecule is Nc1ncc(C23CC4CC(CC(C4)C2)C3)s1. The summed E-state index contributed by atoms with van der Waals surface area (Å²) in [5.41, 5.74) is 6.29.